The first-order valence-electron chi connectivity index (χ1n) is 4.86. The number of nitrogens with one attached hydrogen (secondary N) is 2. The predicted octanol–water partition coefficient (Wildman–Crippen LogP) is 1.81. The van der Waals surface area contributed by atoms with E-state index < -0.39 is 0 Å². The molecule has 0 saturated heterocycles. The molecule has 0 atom stereocenters. The Balaban J connectivity index is 2.44. The maximum atomic E-state index is 4.95. The lowest BCUT2D eigenvalue weighted by Crippen LogP contribution is -2.31. The SMILES string of the molecule is CCNC(=S)N/N=C\c1ccc(C)cc1. The molecule has 0 fully saturated rings. The van der Waals surface area contributed by atoms with Gasteiger partial charge in [0, 0.05) is 6.54 Å². The minimum atomic E-state index is 0.542. The summed E-state index contributed by atoms with van der Waals surface area (Å²) in [5.74, 6) is 0. The number of nitrogens with zero attached hydrogens (tertiary/aromatic N) is 1. The number of benzene rings is 1. The van der Waals surface area contributed by atoms with Crippen molar-refractivity contribution in [3.05, 3.63) is 35.4 Å². The molecule has 80 valence electrons. The van der Waals surface area contributed by atoms with Gasteiger partial charge < -0.3 is 5.32 Å². The van der Waals surface area contributed by atoms with Gasteiger partial charge in [0.05, 0.1) is 6.21 Å². The number of rotatable bonds is 3. The summed E-state index contributed by atoms with van der Waals surface area (Å²) in [6, 6.07) is 8.11. The normalized spacial score (nSPS) is 10.3. The average molecular weight is 221 g/mol. The summed E-state index contributed by atoms with van der Waals surface area (Å²) in [4.78, 5) is 0. The second-order valence-electron chi connectivity index (χ2n) is 3.14. The van der Waals surface area contributed by atoms with E-state index in [-0.39, 0.29) is 0 Å². The second-order valence-corrected chi connectivity index (χ2v) is 3.55. The summed E-state index contributed by atoms with van der Waals surface area (Å²) in [6.07, 6.45) is 1.74. The minimum absolute atomic E-state index is 0.542. The standard InChI is InChI=1S/C11H15N3S/c1-3-12-11(15)14-13-8-10-6-4-9(2)5-7-10/h4-8H,3H2,1-2H3,(H2,12,14,15)/b13-8-. The lowest BCUT2D eigenvalue weighted by molar-refractivity contribution is 0.904. The van der Waals surface area contributed by atoms with Crippen LogP contribution >= 0.6 is 12.2 Å². The van der Waals surface area contributed by atoms with Crippen LogP contribution in [0.3, 0.4) is 0 Å². The number of hydrogen-bond donors (Lipinski definition) is 2. The van der Waals surface area contributed by atoms with Crippen molar-refractivity contribution in [1.82, 2.24) is 10.7 Å². The Kier molecular flexibility index (Phi) is 4.77. The van der Waals surface area contributed by atoms with Crippen molar-refractivity contribution in [3.63, 3.8) is 0 Å². The third kappa shape index (κ3) is 4.56. The van der Waals surface area contributed by atoms with Crippen molar-refractivity contribution in [2.24, 2.45) is 5.10 Å². The van der Waals surface area contributed by atoms with Gasteiger partial charge in [-0.2, -0.15) is 5.10 Å². The first-order chi connectivity index (χ1) is 7.22. The van der Waals surface area contributed by atoms with E-state index in [2.05, 4.69) is 22.8 Å². The van der Waals surface area contributed by atoms with Crippen molar-refractivity contribution in [3.8, 4) is 0 Å². The van der Waals surface area contributed by atoms with Crippen LogP contribution in [0.25, 0.3) is 0 Å². The summed E-state index contributed by atoms with van der Waals surface area (Å²) in [7, 11) is 0. The third-order valence-corrected chi connectivity index (χ3v) is 2.03. The first-order valence-corrected chi connectivity index (χ1v) is 5.26. The van der Waals surface area contributed by atoms with Crippen molar-refractivity contribution < 1.29 is 0 Å². The van der Waals surface area contributed by atoms with E-state index in [1.807, 2.05) is 31.2 Å². The zero-order valence-corrected chi connectivity index (χ0v) is 9.77. The Bertz CT molecular complexity index is 343. The molecule has 15 heavy (non-hydrogen) atoms. The molecule has 4 heteroatoms. The van der Waals surface area contributed by atoms with Gasteiger partial charge in [0.25, 0.3) is 0 Å². The van der Waals surface area contributed by atoms with Crippen LogP contribution in [0.15, 0.2) is 29.4 Å². The van der Waals surface area contributed by atoms with Crippen LogP contribution in [0.4, 0.5) is 0 Å². The van der Waals surface area contributed by atoms with Gasteiger partial charge in [-0.15, -0.1) is 0 Å². The first kappa shape index (κ1) is 11.7. The molecule has 0 unspecified atom stereocenters. The van der Waals surface area contributed by atoms with E-state index in [0.29, 0.717) is 5.11 Å². The van der Waals surface area contributed by atoms with Gasteiger partial charge in [-0.25, -0.2) is 0 Å². The summed E-state index contributed by atoms with van der Waals surface area (Å²) in [6.45, 7) is 4.84. The maximum Gasteiger partial charge on any atom is 0.186 e. The van der Waals surface area contributed by atoms with E-state index in [9.17, 15) is 0 Å². The summed E-state index contributed by atoms with van der Waals surface area (Å²) in [5.41, 5.74) is 5.02. The van der Waals surface area contributed by atoms with Crippen LogP contribution in [0.5, 0.6) is 0 Å². The average Bonchev–Trinajstić information content (AvgIpc) is 2.21. The highest BCUT2D eigenvalue weighted by molar-refractivity contribution is 7.80. The number of thiocarbonyl (C=S) groups is 1. The van der Waals surface area contributed by atoms with Crippen LogP contribution in [-0.2, 0) is 0 Å². The second kappa shape index (κ2) is 6.14. The van der Waals surface area contributed by atoms with E-state index in [1.54, 1.807) is 6.21 Å². The summed E-state index contributed by atoms with van der Waals surface area (Å²) < 4.78 is 0. The molecule has 3 nitrogen and oxygen atoms in total. The molecule has 0 saturated carbocycles. The Hall–Kier alpha value is -1.42. The minimum Gasteiger partial charge on any atom is -0.362 e. The Morgan fingerprint density at radius 3 is 2.67 bits per heavy atom. The summed E-state index contributed by atoms with van der Waals surface area (Å²) in [5, 5.41) is 7.50. The molecular weight excluding hydrogens is 206 g/mol. The van der Waals surface area contributed by atoms with Gasteiger partial charge in [-0.3, -0.25) is 5.43 Å². The third-order valence-electron chi connectivity index (χ3n) is 1.79. The van der Waals surface area contributed by atoms with Crippen LogP contribution in [0.1, 0.15) is 18.1 Å². The van der Waals surface area contributed by atoms with Gasteiger partial charge in [0.2, 0.25) is 0 Å². The zero-order chi connectivity index (χ0) is 11.1. The summed E-state index contributed by atoms with van der Waals surface area (Å²) >= 11 is 4.95. The van der Waals surface area contributed by atoms with Gasteiger partial charge in [0.15, 0.2) is 5.11 Å². The van der Waals surface area contributed by atoms with Crippen LogP contribution in [0, 0.1) is 6.92 Å². The van der Waals surface area contributed by atoms with Gasteiger partial charge in [-0.05, 0) is 31.6 Å². The molecule has 1 aromatic carbocycles. The molecular formula is C11H15N3S. The Morgan fingerprint density at radius 2 is 2.07 bits per heavy atom. The smallest absolute Gasteiger partial charge is 0.186 e. The molecule has 0 aliphatic rings. The van der Waals surface area contributed by atoms with Crippen LogP contribution in [0.2, 0.25) is 0 Å². The highest BCUT2D eigenvalue weighted by atomic mass is 32.1. The quantitative estimate of drug-likeness (QED) is 0.464. The fourth-order valence-electron chi connectivity index (χ4n) is 1.02. The maximum absolute atomic E-state index is 4.95. The van der Waals surface area contributed by atoms with Crippen LogP contribution in [-0.4, -0.2) is 17.9 Å². The number of hydrogen-bond acceptors (Lipinski definition) is 2. The highest BCUT2D eigenvalue weighted by Gasteiger charge is 1.89. The number of aryl methyl sites for hydroxylation is 1. The monoisotopic (exact) mass is 221 g/mol. The molecule has 2 N–H and O–H groups in total. The zero-order valence-electron chi connectivity index (χ0n) is 8.95. The van der Waals surface area contributed by atoms with Crippen molar-refractivity contribution >= 4 is 23.5 Å². The Morgan fingerprint density at radius 1 is 1.40 bits per heavy atom. The molecule has 1 rings (SSSR count). The van der Waals surface area contributed by atoms with Crippen molar-refractivity contribution in [1.29, 1.82) is 0 Å². The lowest BCUT2D eigenvalue weighted by atomic mass is 10.2. The lowest BCUT2D eigenvalue weighted by Gasteiger charge is -2.02. The fourth-order valence-corrected chi connectivity index (χ4v) is 1.22. The molecule has 0 radical (unpaired) electrons. The molecule has 0 bridgehead atoms. The van der Waals surface area contributed by atoms with Gasteiger partial charge in [0.1, 0.15) is 0 Å². The van der Waals surface area contributed by atoms with Crippen LogP contribution < -0.4 is 10.7 Å². The predicted molar refractivity (Wildman–Crippen MR) is 68.2 cm³/mol. The van der Waals surface area contributed by atoms with E-state index in [0.717, 1.165) is 12.1 Å². The molecule has 0 aliphatic carbocycles. The van der Waals surface area contributed by atoms with Gasteiger partial charge >= 0.3 is 0 Å². The largest absolute Gasteiger partial charge is 0.362 e. The Labute approximate surface area is 95.6 Å². The molecule has 1 aromatic rings. The van der Waals surface area contributed by atoms with Crippen molar-refractivity contribution in [2.45, 2.75) is 13.8 Å². The fraction of sp³-hybridized carbons (Fsp3) is 0.273. The molecule has 0 spiro atoms. The highest BCUT2D eigenvalue weighted by Crippen LogP contribution is 1.99. The number of hydrazone groups is 1. The van der Waals surface area contributed by atoms with E-state index in [4.69, 9.17) is 12.2 Å². The van der Waals surface area contributed by atoms with E-state index >= 15 is 0 Å². The van der Waals surface area contributed by atoms with Crippen molar-refractivity contribution in [2.75, 3.05) is 6.54 Å². The van der Waals surface area contributed by atoms with E-state index in [1.165, 1.54) is 5.56 Å². The topological polar surface area (TPSA) is 36.4 Å². The molecule has 0 aliphatic heterocycles. The molecule has 0 amide bonds. The molecule has 0 aromatic heterocycles. The van der Waals surface area contributed by atoms with Gasteiger partial charge in [-0.1, -0.05) is 29.8 Å². The molecule has 0 heterocycles.